The number of nitrogens with one attached hydrogen (secondary N) is 1. The lowest BCUT2D eigenvalue weighted by Crippen LogP contribution is -2.51. The van der Waals surface area contributed by atoms with Gasteiger partial charge in [-0.1, -0.05) is 68.2 Å². The number of carbonyl (C=O) groups excluding carboxylic acids is 1. The number of carbonyl (C=O) groups is 1. The van der Waals surface area contributed by atoms with Crippen LogP contribution < -0.4 is 11.1 Å². The fraction of sp³-hybridized carbons (Fsp3) is 0.462. The van der Waals surface area contributed by atoms with Gasteiger partial charge in [-0.3, -0.25) is 9.79 Å². The van der Waals surface area contributed by atoms with Gasteiger partial charge < -0.3 is 21.3 Å². The molecule has 1 amide bonds. The summed E-state index contributed by atoms with van der Waals surface area (Å²) in [5, 5.41) is 21.9. The van der Waals surface area contributed by atoms with Crippen LogP contribution in [0.1, 0.15) is 50.7 Å². The van der Waals surface area contributed by atoms with Gasteiger partial charge in [0.15, 0.2) is 0 Å². The van der Waals surface area contributed by atoms with Crippen LogP contribution >= 0.6 is 23.2 Å². The molecule has 4 unspecified atom stereocenters. The molecule has 1 heterocycles. The third kappa shape index (κ3) is 6.04. The number of amides is 1. The van der Waals surface area contributed by atoms with Crippen molar-refractivity contribution in [1.29, 1.82) is 0 Å². The molecule has 6 nitrogen and oxygen atoms in total. The van der Waals surface area contributed by atoms with Gasteiger partial charge in [0.2, 0.25) is 5.91 Å². The molecule has 1 aliphatic heterocycles. The largest absolute Gasteiger partial charge is 0.394 e. The summed E-state index contributed by atoms with van der Waals surface area (Å²) in [7, 11) is 0. The molecule has 0 aromatic heterocycles. The molecule has 2 aromatic carbocycles. The molecule has 2 aromatic rings. The SMILES string of the molecule is CC(C)(C)CC1=NC(C(=O)NCCC(O)CO)C(c2cccc(Cl)c2F)C1(N)c1ccc(Cl)cc1. The van der Waals surface area contributed by atoms with Crippen molar-refractivity contribution in [3.05, 3.63) is 69.5 Å². The zero-order valence-electron chi connectivity index (χ0n) is 20.1. The Morgan fingerprint density at radius 1 is 1.23 bits per heavy atom. The Bertz CT molecular complexity index is 1090. The van der Waals surface area contributed by atoms with Crippen LogP contribution in [0.5, 0.6) is 0 Å². The van der Waals surface area contributed by atoms with Crippen molar-refractivity contribution in [1.82, 2.24) is 5.32 Å². The van der Waals surface area contributed by atoms with Gasteiger partial charge in [-0.05, 0) is 47.6 Å². The standard InChI is InChI=1S/C26H32Cl2FN3O3/c1-25(2,3)13-20-26(30,15-7-9-16(27)10-8-15)21(18-5-4-6-19(28)22(18)29)23(32-20)24(35)31-12-11-17(34)14-33/h4-10,17,21,23,33-34H,11-14,30H2,1-3H3,(H,31,35). The summed E-state index contributed by atoms with van der Waals surface area (Å²) in [5.41, 5.74) is 7.06. The second kappa shape index (κ2) is 10.9. The Morgan fingerprint density at radius 2 is 1.89 bits per heavy atom. The number of aliphatic hydroxyl groups is 2. The number of benzene rings is 2. The fourth-order valence-electron chi connectivity index (χ4n) is 4.49. The Balaban J connectivity index is 2.15. The van der Waals surface area contributed by atoms with E-state index in [1.807, 2.05) is 20.8 Å². The van der Waals surface area contributed by atoms with Crippen molar-refractivity contribution in [3.8, 4) is 0 Å². The maximum absolute atomic E-state index is 15.4. The number of halogens is 3. The van der Waals surface area contributed by atoms with Gasteiger partial charge in [0, 0.05) is 23.2 Å². The first-order valence-corrected chi connectivity index (χ1v) is 12.3. The van der Waals surface area contributed by atoms with Crippen LogP contribution in [0.25, 0.3) is 0 Å². The number of rotatable bonds is 8. The lowest BCUT2D eigenvalue weighted by Gasteiger charge is -2.37. The van der Waals surface area contributed by atoms with Crippen LogP contribution in [-0.2, 0) is 10.3 Å². The second-order valence-electron chi connectivity index (χ2n) is 10.2. The van der Waals surface area contributed by atoms with E-state index in [4.69, 9.17) is 39.0 Å². The molecule has 0 saturated heterocycles. The first kappa shape index (κ1) is 27.6. The molecular weight excluding hydrogens is 492 g/mol. The number of hydrogen-bond acceptors (Lipinski definition) is 5. The summed E-state index contributed by atoms with van der Waals surface area (Å²) in [5.74, 6) is -1.99. The van der Waals surface area contributed by atoms with Crippen molar-refractivity contribution >= 4 is 34.8 Å². The van der Waals surface area contributed by atoms with Gasteiger partial charge in [-0.15, -0.1) is 0 Å². The highest BCUT2D eigenvalue weighted by Gasteiger charge is 2.54. The summed E-state index contributed by atoms with van der Waals surface area (Å²) in [6.45, 7) is 5.82. The van der Waals surface area contributed by atoms with Crippen LogP contribution in [0.2, 0.25) is 10.0 Å². The van der Waals surface area contributed by atoms with Crippen molar-refractivity contribution in [2.45, 2.75) is 57.2 Å². The third-order valence-corrected chi connectivity index (χ3v) is 6.71. The van der Waals surface area contributed by atoms with Gasteiger partial charge in [0.05, 0.1) is 23.3 Å². The quantitative estimate of drug-likeness (QED) is 0.416. The molecular formula is C26H32Cl2FN3O3. The van der Waals surface area contributed by atoms with Crippen LogP contribution in [0.3, 0.4) is 0 Å². The number of nitrogens with zero attached hydrogens (tertiary/aromatic N) is 1. The van der Waals surface area contributed by atoms with Gasteiger partial charge in [0.25, 0.3) is 0 Å². The van der Waals surface area contributed by atoms with E-state index in [0.717, 1.165) is 0 Å². The topological polar surface area (TPSA) is 108 Å². The van der Waals surface area contributed by atoms with E-state index in [-0.39, 0.29) is 29.0 Å². The highest BCUT2D eigenvalue weighted by Crippen LogP contribution is 2.48. The molecule has 0 bridgehead atoms. The molecule has 4 atom stereocenters. The zero-order chi connectivity index (χ0) is 26.0. The summed E-state index contributed by atoms with van der Waals surface area (Å²) >= 11 is 12.3. The van der Waals surface area contributed by atoms with Gasteiger partial charge >= 0.3 is 0 Å². The van der Waals surface area contributed by atoms with Crippen LogP contribution in [-0.4, -0.2) is 47.1 Å². The molecule has 0 fully saturated rings. The molecule has 5 N–H and O–H groups in total. The van der Waals surface area contributed by atoms with E-state index in [9.17, 15) is 9.90 Å². The molecule has 9 heteroatoms. The molecule has 0 saturated carbocycles. The van der Waals surface area contributed by atoms with E-state index in [1.165, 1.54) is 6.07 Å². The predicted molar refractivity (Wildman–Crippen MR) is 137 cm³/mol. The van der Waals surface area contributed by atoms with E-state index in [0.29, 0.717) is 22.7 Å². The average Bonchev–Trinajstić information content (AvgIpc) is 3.07. The summed E-state index contributed by atoms with van der Waals surface area (Å²) in [6, 6.07) is 10.6. The first-order valence-electron chi connectivity index (χ1n) is 11.5. The minimum absolute atomic E-state index is 0.0737. The third-order valence-electron chi connectivity index (χ3n) is 6.17. The second-order valence-corrected chi connectivity index (χ2v) is 11.0. The molecule has 0 radical (unpaired) electrons. The van der Waals surface area contributed by atoms with Gasteiger partial charge in [0.1, 0.15) is 11.9 Å². The molecule has 3 rings (SSSR count). The lowest BCUT2D eigenvalue weighted by molar-refractivity contribution is -0.122. The van der Waals surface area contributed by atoms with E-state index < -0.39 is 41.9 Å². The summed E-state index contributed by atoms with van der Waals surface area (Å²) in [4.78, 5) is 18.2. The fourth-order valence-corrected chi connectivity index (χ4v) is 4.80. The zero-order valence-corrected chi connectivity index (χ0v) is 21.6. The first-order chi connectivity index (χ1) is 16.4. The minimum atomic E-state index is -1.31. The maximum Gasteiger partial charge on any atom is 0.245 e. The molecule has 0 spiro atoms. The van der Waals surface area contributed by atoms with Crippen LogP contribution in [0.15, 0.2) is 47.5 Å². The molecule has 0 aliphatic carbocycles. The monoisotopic (exact) mass is 523 g/mol. The van der Waals surface area contributed by atoms with Gasteiger partial charge in [-0.25, -0.2) is 4.39 Å². The minimum Gasteiger partial charge on any atom is -0.394 e. The Morgan fingerprint density at radius 3 is 2.49 bits per heavy atom. The van der Waals surface area contributed by atoms with Crippen molar-refractivity contribution in [2.24, 2.45) is 16.1 Å². The van der Waals surface area contributed by atoms with Gasteiger partial charge in [-0.2, -0.15) is 0 Å². The van der Waals surface area contributed by atoms with Crippen molar-refractivity contribution in [3.63, 3.8) is 0 Å². The van der Waals surface area contributed by atoms with E-state index in [1.54, 1.807) is 36.4 Å². The molecule has 1 aliphatic rings. The van der Waals surface area contributed by atoms with Crippen LogP contribution in [0.4, 0.5) is 4.39 Å². The Kier molecular flexibility index (Phi) is 8.60. The van der Waals surface area contributed by atoms with Crippen molar-refractivity contribution in [2.75, 3.05) is 13.2 Å². The maximum atomic E-state index is 15.4. The van der Waals surface area contributed by atoms with E-state index >= 15 is 4.39 Å². The highest BCUT2D eigenvalue weighted by atomic mass is 35.5. The predicted octanol–water partition coefficient (Wildman–Crippen LogP) is 4.19. The lowest BCUT2D eigenvalue weighted by atomic mass is 9.68. The molecule has 35 heavy (non-hydrogen) atoms. The van der Waals surface area contributed by atoms with Crippen molar-refractivity contribution < 1.29 is 19.4 Å². The molecule has 190 valence electrons. The summed E-state index contributed by atoms with van der Waals surface area (Å²) in [6.07, 6.45) is -0.324. The highest BCUT2D eigenvalue weighted by molar-refractivity contribution is 6.31. The number of nitrogens with two attached hydrogens (primary N) is 1. The van der Waals surface area contributed by atoms with E-state index in [2.05, 4.69) is 5.32 Å². The number of aliphatic imine (C=N–C) groups is 1. The van der Waals surface area contributed by atoms with Crippen LogP contribution in [0, 0.1) is 11.2 Å². The Hall–Kier alpha value is -2.03. The summed E-state index contributed by atoms with van der Waals surface area (Å²) < 4.78 is 15.4. The smallest absolute Gasteiger partial charge is 0.245 e. The average molecular weight is 524 g/mol. The Labute approximate surface area is 215 Å². The normalized spacial score (nSPS) is 23.2. The number of aliphatic hydroxyl groups excluding tert-OH is 2. The number of hydrogen-bond donors (Lipinski definition) is 4.